The molecular formula is C26H24BF4N3O2. The highest BCUT2D eigenvalue weighted by Crippen LogP contribution is 2.26. The smallest absolute Gasteiger partial charge is 0.460 e. The number of hydrogen-bond acceptors (Lipinski definition) is 4. The van der Waals surface area contributed by atoms with Crippen molar-refractivity contribution in [3.05, 3.63) is 95.9 Å². The first-order valence-electron chi connectivity index (χ1n) is 11.1. The molecule has 0 aliphatic rings. The van der Waals surface area contributed by atoms with Gasteiger partial charge in [-0.15, -0.1) is 0 Å². The number of rotatable bonds is 5. The van der Waals surface area contributed by atoms with Crippen molar-refractivity contribution in [1.82, 2.24) is 9.97 Å². The van der Waals surface area contributed by atoms with Crippen LogP contribution in [0.4, 0.5) is 17.3 Å². The molecule has 4 aromatic rings. The van der Waals surface area contributed by atoms with Crippen LogP contribution in [0.25, 0.3) is 28.3 Å². The number of carbonyl (C=O) groups is 1. The maximum Gasteiger partial charge on any atom is 0.673 e. The van der Waals surface area contributed by atoms with Gasteiger partial charge in [0, 0.05) is 11.6 Å². The van der Waals surface area contributed by atoms with E-state index in [1.807, 2.05) is 86.6 Å². The van der Waals surface area contributed by atoms with Crippen LogP contribution in [0.15, 0.2) is 78.9 Å². The van der Waals surface area contributed by atoms with Crippen LogP contribution in [-0.4, -0.2) is 29.8 Å². The zero-order chi connectivity index (χ0) is 26.3. The molecule has 0 amide bonds. The summed E-state index contributed by atoms with van der Waals surface area (Å²) in [4.78, 5) is 22.4. The molecule has 10 heteroatoms. The van der Waals surface area contributed by atoms with Crippen molar-refractivity contribution in [2.75, 3.05) is 6.61 Å². The topological polar surface area (TPSA) is 56.0 Å². The van der Waals surface area contributed by atoms with Gasteiger partial charge in [0.2, 0.25) is 0 Å². The fourth-order valence-electron chi connectivity index (χ4n) is 3.59. The predicted molar refractivity (Wildman–Crippen MR) is 130 cm³/mol. The van der Waals surface area contributed by atoms with E-state index in [1.54, 1.807) is 11.5 Å². The van der Waals surface area contributed by atoms with Crippen molar-refractivity contribution >= 4 is 13.2 Å². The first-order valence-corrected chi connectivity index (χ1v) is 11.1. The summed E-state index contributed by atoms with van der Waals surface area (Å²) in [7, 11) is -6.00. The third kappa shape index (κ3) is 7.21. The molecule has 0 saturated heterocycles. The van der Waals surface area contributed by atoms with Crippen LogP contribution in [0.3, 0.4) is 0 Å². The van der Waals surface area contributed by atoms with E-state index in [-0.39, 0.29) is 6.61 Å². The standard InChI is InChI=1S/C26H24N3O2.BF4/c1-4-31-25(30)24-17-22(20-11-7-5-8-12-20)16-23(21-13-9-6-10-14-21)29(24)26-27-18(2)15-19(3)28-26;2-1(3,4)5/h5-17H,4H2,1-3H3;/q+1;-1. The largest absolute Gasteiger partial charge is 0.673 e. The summed E-state index contributed by atoms with van der Waals surface area (Å²) in [6.07, 6.45) is 0. The number of nitrogens with zero attached hydrogens (tertiary/aromatic N) is 3. The average Bonchev–Trinajstić information content (AvgIpc) is 2.83. The second kappa shape index (κ2) is 11.6. The molecule has 36 heavy (non-hydrogen) atoms. The molecule has 4 rings (SSSR count). The molecule has 0 unspecified atom stereocenters. The van der Waals surface area contributed by atoms with Gasteiger partial charge in [-0.1, -0.05) is 70.6 Å². The zero-order valence-corrected chi connectivity index (χ0v) is 20.0. The predicted octanol–water partition coefficient (Wildman–Crippen LogP) is 6.18. The van der Waals surface area contributed by atoms with Crippen molar-refractivity contribution in [2.45, 2.75) is 20.8 Å². The summed E-state index contributed by atoms with van der Waals surface area (Å²) >= 11 is 0. The molecule has 0 fully saturated rings. The van der Waals surface area contributed by atoms with Gasteiger partial charge >= 0.3 is 19.2 Å². The lowest BCUT2D eigenvalue weighted by molar-refractivity contribution is -0.595. The van der Waals surface area contributed by atoms with Gasteiger partial charge in [-0.3, -0.25) is 0 Å². The maximum absolute atomic E-state index is 13.1. The van der Waals surface area contributed by atoms with E-state index >= 15 is 0 Å². The number of carbonyl (C=O) groups excluding carboxylic acids is 1. The molecule has 2 aromatic heterocycles. The number of ether oxygens (including phenoxy) is 1. The Bertz CT molecular complexity index is 1310. The van der Waals surface area contributed by atoms with Crippen LogP contribution in [-0.2, 0) is 4.74 Å². The van der Waals surface area contributed by atoms with E-state index in [9.17, 15) is 22.1 Å². The number of aryl methyl sites for hydroxylation is 2. The number of aromatic nitrogens is 3. The summed E-state index contributed by atoms with van der Waals surface area (Å²) < 4.78 is 46.2. The summed E-state index contributed by atoms with van der Waals surface area (Å²) in [6, 6.07) is 25.7. The Morgan fingerprint density at radius 3 is 1.81 bits per heavy atom. The molecule has 5 nitrogen and oxygen atoms in total. The lowest BCUT2D eigenvalue weighted by Crippen LogP contribution is -2.43. The average molecular weight is 497 g/mol. The minimum absolute atomic E-state index is 0.281. The second-order valence-electron chi connectivity index (χ2n) is 7.75. The molecular weight excluding hydrogens is 473 g/mol. The summed E-state index contributed by atoms with van der Waals surface area (Å²) in [5, 5.41) is 0. The van der Waals surface area contributed by atoms with Crippen LogP contribution < -0.4 is 4.57 Å². The molecule has 0 N–H and O–H groups in total. The summed E-state index contributed by atoms with van der Waals surface area (Å²) in [5.41, 5.74) is 5.74. The maximum atomic E-state index is 13.1. The second-order valence-corrected chi connectivity index (χ2v) is 7.75. The molecule has 0 bridgehead atoms. The van der Waals surface area contributed by atoms with Crippen LogP contribution in [0.2, 0.25) is 0 Å². The molecule has 0 saturated carbocycles. The Kier molecular flexibility index (Phi) is 8.53. The Balaban J connectivity index is 0.000000658. The zero-order valence-electron chi connectivity index (χ0n) is 20.0. The summed E-state index contributed by atoms with van der Waals surface area (Å²) in [6.45, 7) is 5.92. The lowest BCUT2D eigenvalue weighted by atomic mass is 10.0. The molecule has 186 valence electrons. The van der Waals surface area contributed by atoms with Gasteiger partial charge in [-0.2, -0.15) is 4.57 Å². The van der Waals surface area contributed by atoms with E-state index < -0.39 is 13.2 Å². The van der Waals surface area contributed by atoms with Crippen LogP contribution >= 0.6 is 0 Å². The van der Waals surface area contributed by atoms with Crippen LogP contribution in [0.5, 0.6) is 0 Å². The molecule has 2 heterocycles. The van der Waals surface area contributed by atoms with Gasteiger partial charge in [-0.05, 0) is 44.0 Å². The molecule has 0 atom stereocenters. The molecule has 0 radical (unpaired) electrons. The van der Waals surface area contributed by atoms with Gasteiger partial charge in [0.25, 0.3) is 0 Å². The van der Waals surface area contributed by atoms with Gasteiger partial charge in [0.05, 0.1) is 6.61 Å². The highest BCUT2D eigenvalue weighted by atomic mass is 19.5. The van der Waals surface area contributed by atoms with Crippen LogP contribution in [0, 0.1) is 13.8 Å². The monoisotopic (exact) mass is 497 g/mol. The number of pyridine rings is 1. The van der Waals surface area contributed by atoms with E-state index in [1.165, 1.54) is 0 Å². The van der Waals surface area contributed by atoms with Crippen molar-refractivity contribution in [3.63, 3.8) is 0 Å². The van der Waals surface area contributed by atoms with E-state index in [0.717, 1.165) is 33.8 Å². The first-order chi connectivity index (χ1) is 17.1. The van der Waals surface area contributed by atoms with Gasteiger partial charge in [-0.25, -0.2) is 4.79 Å². The van der Waals surface area contributed by atoms with E-state index in [2.05, 4.69) is 16.0 Å². The number of hydrogen-bond donors (Lipinski definition) is 0. The van der Waals surface area contributed by atoms with Crippen molar-refractivity contribution in [1.29, 1.82) is 0 Å². The highest BCUT2D eigenvalue weighted by molar-refractivity contribution is 6.50. The quantitative estimate of drug-likeness (QED) is 0.143. The Labute approximate surface area is 206 Å². The van der Waals surface area contributed by atoms with Gasteiger partial charge in [0.15, 0.2) is 5.69 Å². The lowest BCUT2D eigenvalue weighted by Gasteiger charge is -2.14. The van der Waals surface area contributed by atoms with Gasteiger partial charge in [0.1, 0.15) is 17.1 Å². The normalized spacial score (nSPS) is 10.9. The SMILES string of the molecule is CCOC(=O)c1cc(-c2ccccc2)cc(-c2ccccc2)[n+]1-c1nc(C)cc(C)n1.F[B-](F)(F)F. The van der Waals surface area contributed by atoms with Crippen molar-refractivity contribution in [2.24, 2.45) is 0 Å². The molecule has 0 aliphatic heterocycles. The first kappa shape index (κ1) is 26.5. The minimum atomic E-state index is -6.00. The fourth-order valence-corrected chi connectivity index (χ4v) is 3.59. The molecule has 2 aromatic carbocycles. The van der Waals surface area contributed by atoms with E-state index in [4.69, 9.17) is 4.74 Å². The summed E-state index contributed by atoms with van der Waals surface area (Å²) in [5.74, 6) is 0.0271. The number of halogens is 4. The minimum Gasteiger partial charge on any atom is -0.460 e. The van der Waals surface area contributed by atoms with Crippen molar-refractivity contribution in [3.8, 4) is 28.3 Å². The third-order valence-corrected chi connectivity index (χ3v) is 4.90. The van der Waals surface area contributed by atoms with E-state index in [0.29, 0.717) is 11.6 Å². The van der Waals surface area contributed by atoms with Gasteiger partial charge < -0.3 is 22.0 Å². The Morgan fingerprint density at radius 2 is 1.31 bits per heavy atom. The number of benzene rings is 2. The highest BCUT2D eigenvalue weighted by Gasteiger charge is 2.27. The third-order valence-electron chi connectivity index (χ3n) is 4.90. The number of esters is 1. The fraction of sp³-hybridized carbons (Fsp3) is 0.154. The Hall–Kier alpha value is -4.08. The molecule has 0 aliphatic carbocycles. The molecule has 0 spiro atoms. The van der Waals surface area contributed by atoms with Crippen LogP contribution in [0.1, 0.15) is 28.8 Å². The Morgan fingerprint density at radius 1 is 0.806 bits per heavy atom. The van der Waals surface area contributed by atoms with Crippen molar-refractivity contribution < 1.29 is 31.4 Å².